The van der Waals surface area contributed by atoms with Crippen molar-refractivity contribution < 1.29 is 19.1 Å². The molecule has 3 rings (SSSR count). The minimum Gasteiger partial charge on any atom is -0.374 e. The van der Waals surface area contributed by atoms with Crippen LogP contribution in [0.1, 0.15) is 38.2 Å². The minimum absolute atomic E-state index is 0.0568. The molecule has 26 heavy (non-hydrogen) atoms. The Hall–Kier alpha value is -2.41. The number of nitrogens with zero attached hydrogens (tertiary/aromatic N) is 1. The molecule has 2 atom stereocenters. The van der Waals surface area contributed by atoms with Gasteiger partial charge in [0, 0.05) is 5.69 Å². The maximum atomic E-state index is 12.1. The number of carbonyl (C=O) groups is 3. The highest BCUT2D eigenvalue weighted by atomic mass is 16.5. The lowest BCUT2D eigenvalue weighted by Crippen LogP contribution is -2.38. The molecule has 0 bridgehead atoms. The number of hydrogen-bond acceptors (Lipinski definition) is 4. The third kappa shape index (κ3) is 4.82. The van der Waals surface area contributed by atoms with Gasteiger partial charge in [-0.15, -0.1) is 0 Å². The average molecular weight is 359 g/mol. The summed E-state index contributed by atoms with van der Waals surface area (Å²) in [6.45, 7) is 2.43. The second-order valence-corrected chi connectivity index (χ2v) is 7.09. The predicted octanol–water partition coefficient (Wildman–Crippen LogP) is 2.27. The highest BCUT2D eigenvalue weighted by Crippen LogP contribution is 2.26. The van der Waals surface area contributed by atoms with Crippen LogP contribution in [0.4, 0.5) is 10.5 Å². The van der Waals surface area contributed by atoms with Gasteiger partial charge in [0.2, 0.25) is 5.91 Å². The van der Waals surface area contributed by atoms with Gasteiger partial charge >= 0.3 is 6.03 Å². The highest BCUT2D eigenvalue weighted by Gasteiger charge is 2.30. The maximum Gasteiger partial charge on any atom is 0.325 e. The summed E-state index contributed by atoms with van der Waals surface area (Å²) in [5.41, 5.74) is 1.61. The molecule has 140 valence electrons. The van der Waals surface area contributed by atoms with Gasteiger partial charge in [-0.2, -0.15) is 0 Å². The van der Waals surface area contributed by atoms with Crippen LogP contribution in [0.25, 0.3) is 0 Å². The number of imide groups is 1. The molecule has 1 aliphatic heterocycles. The Morgan fingerprint density at radius 2 is 2.19 bits per heavy atom. The lowest BCUT2D eigenvalue weighted by Gasteiger charge is -2.26. The first-order chi connectivity index (χ1) is 12.5. The Balaban J connectivity index is 1.51. The standard InChI is InChI=1S/C19H25N3O4/c1-13-4-2-7-16(8-13)26-12-14-5-3-6-15(9-14)21-17(23)11-22-18(24)10-20-19(22)25/h3,5-6,9,13,16H,2,4,7-8,10-12H2,1H3,(H,20,25)(H,21,23). The summed E-state index contributed by atoms with van der Waals surface area (Å²) in [5, 5.41) is 5.12. The minimum atomic E-state index is -0.533. The second-order valence-electron chi connectivity index (χ2n) is 7.09. The van der Waals surface area contributed by atoms with Gasteiger partial charge in [-0.3, -0.25) is 14.5 Å². The molecule has 1 saturated heterocycles. The maximum absolute atomic E-state index is 12.1. The van der Waals surface area contributed by atoms with E-state index < -0.39 is 17.8 Å². The Morgan fingerprint density at radius 3 is 2.92 bits per heavy atom. The SMILES string of the molecule is CC1CCCC(OCc2cccc(NC(=O)CN3C(=O)CNC3=O)c2)C1. The van der Waals surface area contributed by atoms with E-state index in [4.69, 9.17) is 4.74 Å². The smallest absolute Gasteiger partial charge is 0.325 e. The zero-order valence-electron chi connectivity index (χ0n) is 15.0. The fourth-order valence-corrected chi connectivity index (χ4v) is 3.44. The summed E-state index contributed by atoms with van der Waals surface area (Å²) < 4.78 is 6.02. The number of carbonyl (C=O) groups excluding carboxylic acids is 3. The zero-order valence-corrected chi connectivity index (χ0v) is 15.0. The van der Waals surface area contributed by atoms with Crippen molar-refractivity contribution in [3.8, 4) is 0 Å². The molecule has 0 aromatic heterocycles. The lowest BCUT2D eigenvalue weighted by atomic mass is 9.89. The van der Waals surface area contributed by atoms with E-state index in [2.05, 4.69) is 17.6 Å². The van der Waals surface area contributed by atoms with E-state index in [-0.39, 0.29) is 13.1 Å². The van der Waals surface area contributed by atoms with Gasteiger partial charge in [0.15, 0.2) is 0 Å². The highest BCUT2D eigenvalue weighted by molar-refractivity contribution is 6.06. The number of amides is 4. The van der Waals surface area contributed by atoms with Crippen molar-refractivity contribution >= 4 is 23.5 Å². The van der Waals surface area contributed by atoms with Gasteiger partial charge in [-0.25, -0.2) is 4.79 Å². The van der Waals surface area contributed by atoms with Crippen LogP contribution in [0, 0.1) is 5.92 Å². The van der Waals surface area contributed by atoms with E-state index in [0.29, 0.717) is 24.3 Å². The quantitative estimate of drug-likeness (QED) is 0.763. The topological polar surface area (TPSA) is 87.7 Å². The number of nitrogens with one attached hydrogen (secondary N) is 2. The number of rotatable bonds is 6. The van der Waals surface area contributed by atoms with Gasteiger partial charge < -0.3 is 15.4 Å². The summed E-state index contributed by atoms with van der Waals surface area (Å²) in [6, 6.07) is 6.91. The van der Waals surface area contributed by atoms with E-state index in [1.807, 2.05) is 18.2 Å². The molecule has 7 nitrogen and oxygen atoms in total. The van der Waals surface area contributed by atoms with Crippen molar-refractivity contribution in [2.45, 2.75) is 45.3 Å². The number of urea groups is 1. The summed E-state index contributed by atoms with van der Waals surface area (Å²) in [4.78, 5) is 36.0. The van der Waals surface area contributed by atoms with Crippen molar-refractivity contribution in [2.24, 2.45) is 5.92 Å². The largest absolute Gasteiger partial charge is 0.374 e. The fourth-order valence-electron chi connectivity index (χ4n) is 3.44. The Labute approximate surface area is 153 Å². The molecule has 1 aromatic carbocycles. The molecular formula is C19H25N3O4. The molecule has 2 aliphatic rings. The number of benzene rings is 1. The van der Waals surface area contributed by atoms with Crippen LogP contribution < -0.4 is 10.6 Å². The van der Waals surface area contributed by atoms with E-state index in [1.54, 1.807) is 6.07 Å². The van der Waals surface area contributed by atoms with E-state index >= 15 is 0 Å². The Bertz CT molecular complexity index is 675. The summed E-state index contributed by atoms with van der Waals surface area (Å²) >= 11 is 0. The first kappa shape index (κ1) is 18.4. The molecule has 7 heteroatoms. The third-order valence-corrected chi connectivity index (χ3v) is 4.82. The van der Waals surface area contributed by atoms with Crippen molar-refractivity contribution in [2.75, 3.05) is 18.4 Å². The molecule has 2 N–H and O–H groups in total. The average Bonchev–Trinajstić information content (AvgIpc) is 2.92. The lowest BCUT2D eigenvalue weighted by molar-refractivity contribution is -0.128. The monoisotopic (exact) mass is 359 g/mol. The van der Waals surface area contributed by atoms with Crippen LogP contribution in [-0.2, 0) is 20.9 Å². The molecular weight excluding hydrogens is 334 g/mol. The van der Waals surface area contributed by atoms with Crippen molar-refractivity contribution in [1.29, 1.82) is 0 Å². The summed E-state index contributed by atoms with van der Waals surface area (Å²) in [5.74, 6) is -0.0894. The van der Waals surface area contributed by atoms with Crippen LogP contribution in [0.15, 0.2) is 24.3 Å². The first-order valence-corrected chi connectivity index (χ1v) is 9.10. The molecule has 2 fully saturated rings. The molecule has 0 radical (unpaired) electrons. The molecule has 1 saturated carbocycles. The van der Waals surface area contributed by atoms with Crippen LogP contribution in [0.5, 0.6) is 0 Å². The zero-order chi connectivity index (χ0) is 18.5. The number of anilines is 1. The normalized spacial score (nSPS) is 23.0. The summed E-state index contributed by atoms with van der Waals surface area (Å²) in [7, 11) is 0. The summed E-state index contributed by atoms with van der Waals surface area (Å²) in [6.07, 6.45) is 5.00. The van der Waals surface area contributed by atoms with Gasteiger partial charge in [-0.05, 0) is 36.5 Å². The molecule has 1 heterocycles. The number of ether oxygens (including phenoxy) is 1. The second kappa shape index (κ2) is 8.31. The van der Waals surface area contributed by atoms with Gasteiger partial charge in [0.1, 0.15) is 6.54 Å². The van der Waals surface area contributed by atoms with Gasteiger partial charge in [0.05, 0.1) is 19.3 Å². The van der Waals surface area contributed by atoms with E-state index in [9.17, 15) is 14.4 Å². The molecule has 2 unspecified atom stereocenters. The van der Waals surface area contributed by atoms with Crippen molar-refractivity contribution in [1.82, 2.24) is 10.2 Å². The van der Waals surface area contributed by atoms with Crippen LogP contribution in [-0.4, -0.2) is 41.9 Å². The van der Waals surface area contributed by atoms with Gasteiger partial charge in [0.25, 0.3) is 5.91 Å². The number of hydrogen-bond donors (Lipinski definition) is 2. The first-order valence-electron chi connectivity index (χ1n) is 9.10. The Morgan fingerprint density at radius 1 is 1.35 bits per heavy atom. The van der Waals surface area contributed by atoms with E-state index in [1.165, 1.54) is 12.8 Å². The molecule has 4 amide bonds. The Kier molecular flexibility index (Phi) is 5.88. The fraction of sp³-hybridized carbons (Fsp3) is 0.526. The molecule has 0 spiro atoms. The molecule has 1 aromatic rings. The molecule has 1 aliphatic carbocycles. The van der Waals surface area contributed by atoms with Crippen LogP contribution in [0.2, 0.25) is 0 Å². The third-order valence-electron chi connectivity index (χ3n) is 4.82. The van der Waals surface area contributed by atoms with Crippen LogP contribution in [0.3, 0.4) is 0 Å². The van der Waals surface area contributed by atoms with Gasteiger partial charge in [-0.1, -0.05) is 31.9 Å². The predicted molar refractivity (Wildman–Crippen MR) is 96.4 cm³/mol. The van der Waals surface area contributed by atoms with Crippen molar-refractivity contribution in [3.63, 3.8) is 0 Å². The van der Waals surface area contributed by atoms with Crippen molar-refractivity contribution in [3.05, 3.63) is 29.8 Å². The van der Waals surface area contributed by atoms with E-state index in [0.717, 1.165) is 23.3 Å². The van der Waals surface area contributed by atoms with Crippen LogP contribution >= 0.6 is 0 Å².